The van der Waals surface area contributed by atoms with Crippen LogP contribution in [0.5, 0.6) is 0 Å². The average molecular weight is 265 g/mol. The summed E-state index contributed by atoms with van der Waals surface area (Å²) < 4.78 is 0. The third kappa shape index (κ3) is 1.96. The molecular weight excluding hydrogens is 242 g/mol. The zero-order valence-electron chi connectivity index (χ0n) is 12.2. The monoisotopic (exact) mass is 265 g/mol. The van der Waals surface area contributed by atoms with Gasteiger partial charge in [0.1, 0.15) is 0 Å². The summed E-state index contributed by atoms with van der Waals surface area (Å²) in [6.07, 6.45) is 5.60. The van der Waals surface area contributed by atoms with E-state index in [1.807, 2.05) is 0 Å². The summed E-state index contributed by atoms with van der Waals surface area (Å²) >= 11 is 0. The maximum Gasteiger partial charge on any atom is 0.0138 e. The Morgan fingerprint density at radius 1 is 1.05 bits per heavy atom. The van der Waals surface area contributed by atoms with E-state index in [0.717, 1.165) is 17.8 Å². The minimum absolute atomic E-state index is 0.663. The fraction of sp³-hybridized carbons (Fsp3) is 0.474. The van der Waals surface area contributed by atoms with E-state index >= 15 is 0 Å². The molecule has 0 saturated heterocycles. The Labute approximate surface area is 121 Å². The van der Waals surface area contributed by atoms with Crippen LogP contribution in [0.2, 0.25) is 0 Å². The minimum Gasteiger partial charge on any atom is -0.316 e. The molecular formula is C19H23N. The Morgan fingerprint density at radius 3 is 2.60 bits per heavy atom. The first-order valence-corrected chi connectivity index (χ1v) is 8.02. The third-order valence-corrected chi connectivity index (χ3v) is 5.63. The molecule has 2 aromatic rings. The second-order valence-corrected chi connectivity index (χ2v) is 6.57. The van der Waals surface area contributed by atoms with Gasteiger partial charge < -0.3 is 5.32 Å². The minimum atomic E-state index is 0.663. The molecule has 1 nitrogen and oxygen atoms in total. The van der Waals surface area contributed by atoms with Crippen molar-refractivity contribution in [1.82, 2.24) is 5.32 Å². The smallest absolute Gasteiger partial charge is 0.0138 e. The van der Waals surface area contributed by atoms with Crippen LogP contribution in [0.25, 0.3) is 10.8 Å². The summed E-state index contributed by atoms with van der Waals surface area (Å²) in [5.41, 5.74) is 1.51. The molecule has 3 atom stereocenters. The van der Waals surface area contributed by atoms with Crippen molar-refractivity contribution in [3.63, 3.8) is 0 Å². The van der Waals surface area contributed by atoms with E-state index in [1.54, 1.807) is 0 Å². The van der Waals surface area contributed by atoms with Gasteiger partial charge >= 0.3 is 0 Å². The van der Waals surface area contributed by atoms with E-state index in [2.05, 4.69) is 54.8 Å². The summed E-state index contributed by atoms with van der Waals surface area (Å²) in [5.74, 6) is 3.00. The van der Waals surface area contributed by atoms with Crippen molar-refractivity contribution >= 4 is 10.8 Å². The standard InChI is InChI=1S/C19H23N/c1-20-18(19-16-10-5-11-17(16)19)12-14-8-4-7-13-6-2-3-9-15(13)14/h2-4,6-9,16-20H,5,10-12H2,1H3. The molecule has 2 fully saturated rings. The van der Waals surface area contributed by atoms with Gasteiger partial charge in [0.25, 0.3) is 0 Å². The molecule has 0 spiro atoms. The molecule has 4 rings (SSSR count). The normalized spacial score (nSPS) is 29.4. The van der Waals surface area contributed by atoms with E-state index < -0.39 is 0 Å². The first-order chi connectivity index (χ1) is 9.88. The zero-order chi connectivity index (χ0) is 13.5. The summed E-state index contributed by atoms with van der Waals surface area (Å²) in [7, 11) is 2.14. The summed E-state index contributed by atoms with van der Waals surface area (Å²) in [6, 6.07) is 16.2. The molecule has 0 aromatic heterocycles. The van der Waals surface area contributed by atoms with Crippen LogP contribution < -0.4 is 5.32 Å². The fourth-order valence-corrected chi connectivity index (χ4v) is 4.61. The Kier molecular flexibility index (Phi) is 3.03. The molecule has 0 radical (unpaired) electrons. The number of benzene rings is 2. The van der Waals surface area contributed by atoms with Gasteiger partial charge in [-0.3, -0.25) is 0 Å². The highest BCUT2D eigenvalue weighted by molar-refractivity contribution is 5.85. The number of hydrogen-bond donors (Lipinski definition) is 1. The van der Waals surface area contributed by atoms with Gasteiger partial charge in [0.2, 0.25) is 0 Å². The van der Waals surface area contributed by atoms with Crippen molar-refractivity contribution in [2.45, 2.75) is 31.7 Å². The zero-order valence-corrected chi connectivity index (χ0v) is 12.2. The Balaban J connectivity index is 1.60. The van der Waals surface area contributed by atoms with Crippen LogP contribution in [0, 0.1) is 17.8 Å². The van der Waals surface area contributed by atoms with Gasteiger partial charge in [0, 0.05) is 6.04 Å². The number of nitrogens with one attached hydrogen (secondary N) is 1. The van der Waals surface area contributed by atoms with Crippen LogP contribution in [-0.4, -0.2) is 13.1 Å². The molecule has 0 heterocycles. The predicted molar refractivity (Wildman–Crippen MR) is 84.8 cm³/mol. The molecule has 0 amide bonds. The Bertz CT molecular complexity index is 603. The number of fused-ring (bicyclic) bond motifs is 2. The third-order valence-electron chi connectivity index (χ3n) is 5.63. The highest BCUT2D eigenvalue weighted by Crippen LogP contribution is 2.59. The van der Waals surface area contributed by atoms with Crippen LogP contribution in [0.3, 0.4) is 0 Å². The van der Waals surface area contributed by atoms with Gasteiger partial charge in [-0.15, -0.1) is 0 Å². The van der Waals surface area contributed by atoms with Crippen LogP contribution in [0.15, 0.2) is 42.5 Å². The fourth-order valence-electron chi connectivity index (χ4n) is 4.61. The molecule has 0 bridgehead atoms. The summed E-state index contributed by atoms with van der Waals surface area (Å²) in [5, 5.41) is 6.41. The van der Waals surface area contributed by atoms with Crippen molar-refractivity contribution in [3.05, 3.63) is 48.0 Å². The van der Waals surface area contributed by atoms with Gasteiger partial charge in [-0.1, -0.05) is 48.9 Å². The van der Waals surface area contributed by atoms with Crippen molar-refractivity contribution in [3.8, 4) is 0 Å². The van der Waals surface area contributed by atoms with Crippen molar-refractivity contribution in [2.24, 2.45) is 17.8 Å². The van der Waals surface area contributed by atoms with Gasteiger partial charge in [0.05, 0.1) is 0 Å². The lowest BCUT2D eigenvalue weighted by Crippen LogP contribution is -2.31. The average Bonchev–Trinajstić information content (AvgIpc) is 2.96. The topological polar surface area (TPSA) is 12.0 Å². The molecule has 2 aromatic carbocycles. The molecule has 1 heteroatoms. The highest BCUT2D eigenvalue weighted by Gasteiger charge is 2.55. The van der Waals surface area contributed by atoms with E-state index in [0.29, 0.717) is 6.04 Å². The second kappa shape index (κ2) is 4.89. The Hall–Kier alpha value is -1.34. The maximum atomic E-state index is 3.61. The number of hydrogen-bond acceptors (Lipinski definition) is 1. The molecule has 2 saturated carbocycles. The Morgan fingerprint density at radius 2 is 1.80 bits per heavy atom. The number of likely N-dealkylation sites (N-methyl/N-ethyl adjacent to an activating group) is 1. The largest absolute Gasteiger partial charge is 0.316 e. The molecule has 0 aliphatic heterocycles. The first kappa shape index (κ1) is 12.4. The van der Waals surface area contributed by atoms with Gasteiger partial charge in [-0.25, -0.2) is 0 Å². The summed E-state index contributed by atoms with van der Waals surface area (Å²) in [4.78, 5) is 0. The van der Waals surface area contributed by atoms with Crippen molar-refractivity contribution in [2.75, 3.05) is 7.05 Å². The van der Waals surface area contributed by atoms with E-state index in [9.17, 15) is 0 Å². The van der Waals surface area contributed by atoms with Crippen LogP contribution in [0.4, 0.5) is 0 Å². The maximum absolute atomic E-state index is 3.61. The quantitative estimate of drug-likeness (QED) is 0.880. The van der Waals surface area contributed by atoms with Crippen LogP contribution in [-0.2, 0) is 6.42 Å². The van der Waals surface area contributed by atoms with Crippen molar-refractivity contribution < 1.29 is 0 Å². The van der Waals surface area contributed by atoms with Crippen molar-refractivity contribution in [1.29, 1.82) is 0 Å². The van der Waals surface area contributed by atoms with Crippen LogP contribution >= 0.6 is 0 Å². The lowest BCUT2D eigenvalue weighted by Gasteiger charge is -2.19. The number of rotatable bonds is 4. The first-order valence-electron chi connectivity index (χ1n) is 8.02. The molecule has 2 aliphatic carbocycles. The van der Waals surface area contributed by atoms with E-state index in [-0.39, 0.29) is 0 Å². The molecule has 104 valence electrons. The molecule has 2 aliphatic rings. The molecule has 20 heavy (non-hydrogen) atoms. The lowest BCUT2D eigenvalue weighted by molar-refractivity contribution is 0.429. The predicted octanol–water partition coefficient (Wildman–Crippen LogP) is 4.02. The second-order valence-electron chi connectivity index (χ2n) is 6.57. The van der Waals surface area contributed by atoms with Crippen LogP contribution in [0.1, 0.15) is 24.8 Å². The van der Waals surface area contributed by atoms with E-state index in [1.165, 1.54) is 42.0 Å². The highest BCUT2D eigenvalue weighted by atomic mass is 14.9. The molecule has 3 unspecified atom stereocenters. The van der Waals surface area contributed by atoms with Gasteiger partial charge in [-0.05, 0) is 60.4 Å². The van der Waals surface area contributed by atoms with Gasteiger partial charge in [-0.2, -0.15) is 0 Å². The van der Waals surface area contributed by atoms with E-state index in [4.69, 9.17) is 0 Å². The summed E-state index contributed by atoms with van der Waals surface area (Å²) in [6.45, 7) is 0. The SMILES string of the molecule is CNC(Cc1cccc2ccccc12)C1C2CCCC21. The van der Waals surface area contributed by atoms with Gasteiger partial charge in [0.15, 0.2) is 0 Å². The molecule has 1 N–H and O–H groups in total. The lowest BCUT2D eigenvalue weighted by atomic mass is 9.94.